The van der Waals surface area contributed by atoms with Crippen molar-refractivity contribution in [2.75, 3.05) is 19.7 Å². The van der Waals surface area contributed by atoms with Gasteiger partial charge in [0.15, 0.2) is 0 Å². The summed E-state index contributed by atoms with van der Waals surface area (Å²) in [6.07, 6.45) is 5.56. The molecule has 1 spiro atoms. The number of benzene rings is 1. The first-order chi connectivity index (χ1) is 13.8. The molecule has 1 saturated carbocycles. The van der Waals surface area contributed by atoms with Crippen molar-refractivity contribution in [1.29, 1.82) is 0 Å². The maximum absolute atomic E-state index is 13.6. The topological polar surface area (TPSA) is 73.2 Å². The predicted octanol–water partition coefficient (Wildman–Crippen LogP) is 4.07. The number of rotatable bonds is 4. The van der Waals surface area contributed by atoms with Crippen molar-refractivity contribution in [1.82, 2.24) is 10.1 Å². The van der Waals surface area contributed by atoms with Gasteiger partial charge in [-0.3, -0.25) is 9.63 Å². The monoisotopic (exact) mass is 400 g/mol. The molecule has 6 heteroatoms. The van der Waals surface area contributed by atoms with Crippen LogP contribution in [-0.4, -0.2) is 51.6 Å². The number of carbonyl (C=O) groups is 1. The number of aryl methyl sites for hydroxylation is 3. The molecule has 0 aromatic heterocycles. The molecule has 6 nitrogen and oxygen atoms in total. The van der Waals surface area contributed by atoms with E-state index in [2.05, 4.69) is 0 Å². The SMILES string of the molecule is Cc1cc(C)c(C2=C(O)C3(CCN(O)CC3)N(OCC3CCCC3)C2=O)c(C)c1. The number of aliphatic hydroxyl groups is 1. The zero-order chi connectivity index (χ0) is 20.8. The van der Waals surface area contributed by atoms with Crippen LogP contribution in [0.15, 0.2) is 17.9 Å². The Balaban J connectivity index is 1.73. The third kappa shape index (κ3) is 3.47. The summed E-state index contributed by atoms with van der Waals surface area (Å²) in [4.78, 5) is 19.7. The Morgan fingerprint density at radius 2 is 1.69 bits per heavy atom. The summed E-state index contributed by atoms with van der Waals surface area (Å²) in [5, 5.41) is 24.0. The van der Waals surface area contributed by atoms with Gasteiger partial charge in [0.1, 0.15) is 11.3 Å². The van der Waals surface area contributed by atoms with Crippen LogP contribution in [0, 0.1) is 26.7 Å². The molecule has 2 heterocycles. The Morgan fingerprint density at radius 1 is 1.10 bits per heavy atom. The quantitative estimate of drug-likeness (QED) is 0.797. The summed E-state index contributed by atoms with van der Waals surface area (Å²) in [6, 6.07) is 4.09. The fourth-order valence-electron chi connectivity index (χ4n) is 5.37. The van der Waals surface area contributed by atoms with Gasteiger partial charge in [0, 0.05) is 13.1 Å². The number of nitrogens with zero attached hydrogens (tertiary/aromatic N) is 2. The highest BCUT2D eigenvalue weighted by Gasteiger charge is 2.55. The average molecular weight is 401 g/mol. The van der Waals surface area contributed by atoms with E-state index in [1.54, 1.807) is 0 Å². The normalized spacial score (nSPS) is 23.0. The van der Waals surface area contributed by atoms with E-state index >= 15 is 0 Å². The van der Waals surface area contributed by atoms with Crippen molar-refractivity contribution in [2.45, 2.75) is 64.8 Å². The van der Waals surface area contributed by atoms with Crippen molar-refractivity contribution in [2.24, 2.45) is 5.92 Å². The summed E-state index contributed by atoms with van der Waals surface area (Å²) in [6.45, 7) is 7.27. The van der Waals surface area contributed by atoms with Gasteiger partial charge in [-0.2, -0.15) is 5.06 Å². The van der Waals surface area contributed by atoms with Gasteiger partial charge in [-0.05, 0) is 69.1 Å². The first-order valence-corrected chi connectivity index (χ1v) is 10.8. The van der Waals surface area contributed by atoms with E-state index in [0.29, 0.717) is 44.0 Å². The molecule has 1 aliphatic carbocycles. The number of piperidine rings is 1. The van der Waals surface area contributed by atoms with E-state index in [1.165, 1.54) is 23.0 Å². The molecule has 1 saturated heterocycles. The Morgan fingerprint density at radius 3 is 2.28 bits per heavy atom. The van der Waals surface area contributed by atoms with Gasteiger partial charge in [-0.15, -0.1) is 0 Å². The van der Waals surface area contributed by atoms with Gasteiger partial charge < -0.3 is 10.3 Å². The molecule has 29 heavy (non-hydrogen) atoms. The van der Waals surface area contributed by atoms with Crippen molar-refractivity contribution in [3.05, 3.63) is 40.1 Å². The molecule has 4 rings (SSSR count). The molecule has 1 aromatic rings. The van der Waals surface area contributed by atoms with Crippen LogP contribution in [0.1, 0.15) is 60.8 Å². The second kappa shape index (κ2) is 7.74. The van der Waals surface area contributed by atoms with Gasteiger partial charge >= 0.3 is 0 Å². The van der Waals surface area contributed by atoms with Crippen LogP contribution in [0.2, 0.25) is 0 Å². The van der Waals surface area contributed by atoms with Gasteiger partial charge in [0.25, 0.3) is 5.91 Å². The van der Waals surface area contributed by atoms with Crippen LogP contribution in [0.5, 0.6) is 0 Å². The smallest absolute Gasteiger partial charge is 0.282 e. The van der Waals surface area contributed by atoms with E-state index in [9.17, 15) is 15.1 Å². The lowest BCUT2D eigenvalue weighted by Crippen LogP contribution is -2.54. The van der Waals surface area contributed by atoms with Crippen LogP contribution in [-0.2, 0) is 9.63 Å². The molecule has 2 aliphatic heterocycles. The van der Waals surface area contributed by atoms with Crippen molar-refractivity contribution in [3.8, 4) is 0 Å². The first-order valence-electron chi connectivity index (χ1n) is 10.8. The summed E-state index contributed by atoms with van der Waals surface area (Å²) in [7, 11) is 0. The zero-order valence-corrected chi connectivity index (χ0v) is 17.7. The first kappa shape index (κ1) is 20.4. The number of carbonyl (C=O) groups excluding carboxylic acids is 1. The number of amides is 1. The highest BCUT2D eigenvalue weighted by Crippen LogP contribution is 2.46. The fraction of sp³-hybridized carbons (Fsp3) is 0.609. The predicted molar refractivity (Wildman–Crippen MR) is 110 cm³/mol. The van der Waals surface area contributed by atoms with Crippen LogP contribution >= 0.6 is 0 Å². The Hall–Kier alpha value is -1.89. The molecule has 0 unspecified atom stereocenters. The van der Waals surface area contributed by atoms with Crippen LogP contribution in [0.3, 0.4) is 0 Å². The number of hydrogen-bond donors (Lipinski definition) is 2. The van der Waals surface area contributed by atoms with E-state index in [0.717, 1.165) is 35.1 Å². The summed E-state index contributed by atoms with van der Waals surface area (Å²) >= 11 is 0. The molecule has 1 aromatic carbocycles. The molecule has 0 bridgehead atoms. The van der Waals surface area contributed by atoms with E-state index in [4.69, 9.17) is 4.84 Å². The van der Waals surface area contributed by atoms with Gasteiger partial charge in [0.05, 0.1) is 12.2 Å². The van der Waals surface area contributed by atoms with Gasteiger partial charge in [-0.25, -0.2) is 5.06 Å². The summed E-state index contributed by atoms with van der Waals surface area (Å²) in [5.74, 6) is 0.297. The summed E-state index contributed by atoms with van der Waals surface area (Å²) in [5.41, 5.74) is 3.35. The van der Waals surface area contributed by atoms with E-state index in [1.807, 2.05) is 32.9 Å². The van der Waals surface area contributed by atoms with Crippen molar-refractivity contribution < 1.29 is 19.9 Å². The molecular formula is C23H32N2O4. The summed E-state index contributed by atoms with van der Waals surface area (Å²) < 4.78 is 0. The van der Waals surface area contributed by atoms with Crippen LogP contribution in [0.4, 0.5) is 0 Å². The minimum Gasteiger partial charge on any atom is -0.509 e. The molecule has 0 atom stereocenters. The maximum Gasteiger partial charge on any atom is 0.282 e. The minimum atomic E-state index is -0.895. The molecule has 2 N–H and O–H groups in total. The highest BCUT2D eigenvalue weighted by molar-refractivity contribution is 6.23. The van der Waals surface area contributed by atoms with Gasteiger partial charge in [-0.1, -0.05) is 30.5 Å². The average Bonchev–Trinajstić information content (AvgIpc) is 3.24. The minimum absolute atomic E-state index is 0.0945. The molecule has 0 radical (unpaired) electrons. The second-order valence-corrected chi connectivity index (χ2v) is 9.03. The lowest BCUT2D eigenvalue weighted by Gasteiger charge is -2.42. The number of aliphatic hydroxyl groups excluding tert-OH is 1. The third-order valence-corrected chi connectivity index (χ3v) is 6.87. The second-order valence-electron chi connectivity index (χ2n) is 9.03. The Bertz CT molecular complexity index is 810. The van der Waals surface area contributed by atoms with Crippen molar-refractivity contribution in [3.63, 3.8) is 0 Å². The van der Waals surface area contributed by atoms with Crippen LogP contribution < -0.4 is 0 Å². The Kier molecular flexibility index (Phi) is 5.44. The molecular weight excluding hydrogens is 368 g/mol. The van der Waals surface area contributed by atoms with Crippen molar-refractivity contribution >= 4 is 11.5 Å². The van der Waals surface area contributed by atoms with Gasteiger partial charge in [0.2, 0.25) is 0 Å². The third-order valence-electron chi connectivity index (χ3n) is 6.87. The maximum atomic E-state index is 13.6. The van der Waals surface area contributed by atoms with E-state index in [-0.39, 0.29) is 11.7 Å². The molecule has 158 valence electrons. The zero-order valence-electron chi connectivity index (χ0n) is 17.7. The highest BCUT2D eigenvalue weighted by atomic mass is 16.7. The Labute approximate surface area is 172 Å². The fourth-order valence-corrected chi connectivity index (χ4v) is 5.37. The van der Waals surface area contributed by atoms with E-state index < -0.39 is 5.54 Å². The standard InChI is InChI=1S/C23H32N2O4/c1-15-12-16(2)19(17(3)13-15)20-21(26)23(8-10-24(28)11-9-23)25(22(20)27)29-14-18-6-4-5-7-18/h12-13,18,26,28H,4-11,14H2,1-3H3. The largest absolute Gasteiger partial charge is 0.509 e. The molecule has 2 fully saturated rings. The lowest BCUT2D eigenvalue weighted by molar-refractivity contribution is -0.232. The lowest BCUT2D eigenvalue weighted by atomic mass is 9.85. The molecule has 1 amide bonds. The number of hydrogen-bond acceptors (Lipinski definition) is 5. The molecule has 3 aliphatic rings. The van der Waals surface area contributed by atoms with Crippen LogP contribution in [0.25, 0.3) is 5.57 Å². The number of hydroxylamine groups is 4.